The second-order valence-electron chi connectivity index (χ2n) is 7.48. The summed E-state index contributed by atoms with van der Waals surface area (Å²) in [6.45, 7) is 2.47. The molecule has 3 aliphatic rings. The predicted octanol–water partition coefficient (Wildman–Crippen LogP) is 1.94. The van der Waals surface area contributed by atoms with Crippen LogP contribution in [0.25, 0.3) is 0 Å². The van der Waals surface area contributed by atoms with E-state index in [0.717, 1.165) is 30.9 Å². The fourth-order valence-corrected chi connectivity index (χ4v) is 4.57. The van der Waals surface area contributed by atoms with E-state index in [2.05, 4.69) is 35.6 Å². The number of piperidine rings is 1. The standard InChI is InChI=1S/C20H26N2O4/c1-12(23)21-26-18-7-5-14-15-8-9-22(2)16(14)10-13-4-6-17(24-3)19(11-13)25-20(15)18/h4-7,11,14-16,18,20H,8-10H2,1-3H3,(H,21,23)/t14-,15+,16-,18+,20-/m1/s1. The highest BCUT2D eigenvalue weighted by Crippen LogP contribution is 2.43. The van der Waals surface area contributed by atoms with E-state index in [0.29, 0.717) is 17.9 Å². The van der Waals surface area contributed by atoms with Crippen molar-refractivity contribution in [3.63, 3.8) is 0 Å². The topological polar surface area (TPSA) is 60.0 Å². The Morgan fingerprint density at radius 1 is 1.35 bits per heavy atom. The van der Waals surface area contributed by atoms with Gasteiger partial charge in [-0.3, -0.25) is 9.63 Å². The van der Waals surface area contributed by atoms with Gasteiger partial charge in [-0.15, -0.1) is 0 Å². The molecular weight excluding hydrogens is 332 g/mol. The van der Waals surface area contributed by atoms with E-state index in [1.165, 1.54) is 12.5 Å². The number of hydrogen-bond acceptors (Lipinski definition) is 5. The maximum Gasteiger partial charge on any atom is 0.240 e. The third-order valence-electron chi connectivity index (χ3n) is 5.86. The average Bonchev–Trinajstić information content (AvgIpc) is 2.64. The molecule has 0 unspecified atom stereocenters. The molecule has 4 rings (SSSR count). The first-order valence-corrected chi connectivity index (χ1v) is 9.21. The molecule has 1 saturated heterocycles. The summed E-state index contributed by atoms with van der Waals surface area (Å²) in [6.07, 6.45) is 5.81. The van der Waals surface area contributed by atoms with Gasteiger partial charge in [-0.25, -0.2) is 5.48 Å². The third-order valence-corrected chi connectivity index (χ3v) is 5.86. The Hall–Kier alpha value is -2.05. The smallest absolute Gasteiger partial charge is 0.240 e. The summed E-state index contributed by atoms with van der Waals surface area (Å²) in [5.41, 5.74) is 3.72. The molecule has 0 spiro atoms. The number of carbonyl (C=O) groups excluding carboxylic acids is 1. The molecule has 140 valence electrons. The molecule has 6 nitrogen and oxygen atoms in total. The van der Waals surface area contributed by atoms with Crippen molar-refractivity contribution >= 4 is 5.91 Å². The van der Waals surface area contributed by atoms with Crippen LogP contribution in [0.15, 0.2) is 30.4 Å². The number of hydrogen-bond donors (Lipinski definition) is 1. The van der Waals surface area contributed by atoms with Crippen molar-refractivity contribution in [1.29, 1.82) is 0 Å². The minimum atomic E-state index is -0.323. The fourth-order valence-electron chi connectivity index (χ4n) is 4.57. The van der Waals surface area contributed by atoms with E-state index in [4.69, 9.17) is 14.3 Å². The normalized spacial score (nSPS) is 32.7. The maximum absolute atomic E-state index is 11.3. The third kappa shape index (κ3) is 3.08. The Morgan fingerprint density at radius 3 is 2.96 bits per heavy atom. The molecule has 1 aliphatic carbocycles. The van der Waals surface area contributed by atoms with E-state index in [9.17, 15) is 4.79 Å². The van der Waals surface area contributed by atoms with Gasteiger partial charge in [-0.2, -0.15) is 0 Å². The number of ether oxygens (including phenoxy) is 2. The summed E-state index contributed by atoms with van der Waals surface area (Å²) >= 11 is 0. The first-order valence-electron chi connectivity index (χ1n) is 9.21. The molecule has 0 radical (unpaired) electrons. The number of carbonyl (C=O) groups is 1. The fraction of sp³-hybridized carbons (Fsp3) is 0.550. The molecule has 5 atom stereocenters. The Labute approximate surface area is 154 Å². The van der Waals surface area contributed by atoms with Gasteiger partial charge in [-0.05, 0) is 50.0 Å². The molecule has 26 heavy (non-hydrogen) atoms. The van der Waals surface area contributed by atoms with Crippen LogP contribution in [0.4, 0.5) is 0 Å². The first-order chi connectivity index (χ1) is 12.6. The van der Waals surface area contributed by atoms with Gasteiger partial charge < -0.3 is 14.4 Å². The zero-order valence-electron chi connectivity index (χ0n) is 15.5. The Bertz CT molecular complexity index is 720. The number of likely N-dealkylation sites (tertiary alicyclic amines) is 1. The van der Waals surface area contributed by atoms with Gasteiger partial charge >= 0.3 is 0 Å². The number of methoxy groups -OCH3 is 1. The number of benzene rings is 1. The molecule has 0 saturated carbocycles. The van der Waals surface area contributed by atoms with Crippen LogP contribution < -0.4 is 15.0 Å². The highest BCUT2D eigenvalue weighted by atomic mass is 16.7. The number of nitrogens with zero attached hydrogens (tertiary/aromatic N) is 1. The monoisotopic (exact) mass is 358 g/mol. The van der Waals surface area contributed by atoms with Crippen LogP contribution >= 0.6 is 0 Å². The van der Waals surface area contributed by atoms with Crippen molar-refractivity contribution in [2.45, 2.75) is 38.0 Å². The van der Waals surface area contributed by atoms with Crippen molar-refractivity contribution in [1.82, 2.24) is 10.4 Å². The van der Waals surface area contributed by atoms with Crippen molar-refractivity contribution in [2.75, 3.05) is 20.7 Å². The Kier molecular flexibility index (Phi) is 4.63. The summed E-state index contributed by atoms with van der Waals surface area (Å²) in [6, 6.07) is 6.60. The lowest BCUT2D eigenvalue weighted by Gasteiger charge is -2.48. The highest BCUT2D eigenvalue weighted by Gasteiger charge is 2.46. The molecular formula is C20H26N2O4. The molecule has 6 bridgehead atoms. The van der Waals surface area contributed by atoms with Crippen molar-refractivity contribution in [2.24, 2.45) is 11.8 Å². The van der Waals surface area contributed by atoms with Crippen LogP contribution in [0.5, 0.6) is 11.5 Å². The molecule has 1 amide bonds. The lowest BCUT2D eigenvalue weighted by molar-refractivity contribution is -0.143. The van der Waals surface area contributed by atoms with E-state index >= 15 is 0 Å². The van der Waals surface area contributed by atoms with E-state index < -0.39 is 0 Å². The number of amides is 1. The van der Waals surface area contributed by atoms with Crippen LogP contribution in [0, 0.1) is 11.8 Å². The minimum Gasteiger partial charge on any atom is -0.493 e. The van der Waals surface area contributed by atoms with Crippen LogP contribution in [0.3, 0.4) is 0 Å². The van der Waals surface area contributed by atoms with Crippen molar-refractivity contribution < 1.29 is 19.1 Å². The van der Waals surface area contributed by atoms with Gasteiger partial charge in [0.2, 0.25) is 5.91 Å². The van der Waals surface area contributed by atoms with Crippen LogP contribution in [0.1, 0.15) is 18.9 Å². The molecule has 0 aromatic heterocycles. The summed E-state index contributed by atoms with van der Waals surface area (Å²) in [5.74, 6) is 1.98. The minimum absolute atomic E-state index is 0.171. The van der Waals surface area contributed by atoms with Gasteiger partial charge in [0.25, 0.3) is 0 Å². The summed E-state index contributed by atoms with van der Waals surface area (Å²) < 4.78 is 12.0. The zero-order chi connectivity index (χ0) is 18.3. The second-order valence-corrected chi connectivity index (χ2v) is 7.48. The Morgan fingerprint density at radius 2 is 2.19 bits per heavy atom. The first kappa shape index (κ1) is 17.4. The second kappa shape index (κ2) is 6.93. The maximum atomic E-state index is 11.3. The number of likely N-dealkylation sites (N-methyl/N-ethyl adjacent to an activating group) is 1. The molecule has 1 fully saturated rings. The molecule has 2 aliphatic heterocycles. The van der Waals surface area contributed by atoms with E-state index in [1.54, 1.807) is 7.11 Å². The lowest BCUT2D eigenvalue weighted by atomic mass is 9.71. The van der Waals surface area contributed by atoms with E-state index in [-0.39, 0.29) is 18.1 Å². The van der Waals surface area contributed by atoms with Gasteiger partial charge in [0.1, 0.15) is 12.2 Å². The SMILES string of the molecule is COc1ccc2cc1O[C@@H]1[C@H]3CCN(C)[C@H](C2)[C@@H]3C=C[C@@H]1ONC(C)=O. The van der Waals surface area contributed by atoms with Crippen molar-refractivity contribution in [3.05, 3.63) is 35.9 Å². The average molecular weight is 358 g/mol. The molecule has 1 N–H and O–H groups in total. The largest absolute Gasteiger partial charge is 0.493 e. The molecule has 6 heteroatoms. The molecule has 2 heterocycles. The number of fused-ring (bicyclic) bond motifs is 2. The Balaban J connectivity index is 1.74. The van der Waals surface area contributed by atoms with Gasteiger partial charge in [-0.1, -0.05) is 18.2 Å². The van der Waals surface area contributed by atoms with Gasteiger partial charge in [0.05, 0.1) is 7.11 Å². The predicted molar refractivity (Wildman–Crippen MR) is 97.0 cm³/mol. The molecule has 1 aromatic carbocycles. The zero-order valence-corrected chi connectivity index (χ0v) is 15.5. The highest BCUT2D eigenvalue weighted by molar-refractivity contribution is 5.71. The van der Waals surface area contributed by atoms with Gasteiger partial charge in [0, 0.05) is 18.9 Å². The van der Waals surface area contributed by atoms with E-state index in [1.807, 2.05) is 12.1 Å². The van der Waals surface area contributed by atoms with Crippen LogP contribution in [-0.4, -0.2) is 49.8 Å². The summed E-state index contributed by atoms with van der Waals surface area (Å²) in [7, 11) is 3.86. The van der Waals surface area contributed by atoms with Crippen molar-refractivity contribution in [3.8, 4) is 11.5 Å². The molecule has 1 aromatic rings. The lowest BCUT2D eigenvalue weighted by Crippen LogP contribution is -2.56. The van der Waals surface area contributed by atoms with Crippen LogP contribution in [-0.2, 0) is 16.1 Å². The van der Waals surface area contributed by atoms with Crippen LogP contribution in [0.2, 0.25) is 0 Å². The quantitative estimate of drug-likeness (QED) is 0.661. The van der Waals surface area contributed by atoms with Gasteiger partial charge in [0.15, 0.2) is 11.5 Å². The summed E-state index contributed by atoms with van der Waals surface area (Å²) in [4.78, 5) is 19.4. The number of nitrogens with one attached hydrogen (secondary N) is 1. The number of hydroxylamine groups is 1. The number of rotatable bonds is 3. The summed E-state index contributed by atoms with van der Waals surface area (Å²) in [5, 5.41) is 0.